The Balaban J connectivity index is 2.01. The topological polar surface area (TPSA) is 238 Å². The van der Waals surface area contributed by atoms with Crippen LogP contribution in [0.1, 0.15) is 44.7 Å². The van der Waals surface area contributed by atoms with Gasteiger partial charge in [-0.3, -0.25) is 33.6 Å². The fourth-order valence-corrected chi connectivity index (χ4v) is 4.97. The number of nitrogens with two attached hydrogens (primary N) is 1. The van der Waals surface area contributed by atoms with Gasteiger partial charge in [0.05, 0.1) is 13.0 Å². The molecule has 3 rings (SSSR count). The highest BCUT2D eigenvalue weighted by Crippen LogP contribution is 2.13. The van der Waals surface area contributed by atoms with Crippen molar-refractivity contribution in [1.29, 1.82) is 0 Å². The average Bonchev–Trinajstić information content (AvgIpc) is 3.05. The third-order valence-electron chi connectivity index (χ3n) is 7.95. The Morgan fingerprint density at radius 1 is 0.750 bits per heavy atom. The van der Waals surface area contributed by atoms with Crippen molar-refractivity contribution in [2.75, 3.05) is 6.54 Å². The number of phenols is 1. The number of aromatic hydroxyl groups is 1. The maximum absolute atomic E-state index is 13.7. The lowest BCUT2D eigenvalue weighted by atomic mass is 9.97. The number of phenolic OH excluding ortho intramolecular Hbond substituents is 1. The molecule has 2 aromatic rings. The summed E-state index contributed by atoms with van der Waals surface area (Å²) in [5, 5.41) is 25.0. The van der Waals surface area contributed by atoms with Crippen molar-refractivity contribution >= 4 is 41.4 Å². The molecule has 0 radical (unpaired) electrons. The van der Waals surface area contributed by atoms with Crippen LogP contribution in [0, 0.1) is 5.92 Å². The molecule has 0 unspecified atom stereocenters. The van der Waals surface area contributed by atoms with Gasteiger partial charge < -0.3 is 42.7 Å². The number of benzene rings is 2. The Morgan fingerprint density at radius 2 is 1.29 bits per heavy atom. The highest BCUT2D eigenvalue weighted by molar-refractivity contribution is 5.98. The molecule has 1 aliphatic heterocycles. The summed E-state index contributed by atoms with van der Waals surface area (Å²) in [6.07, 6.45) is -0.249. The van der Waals surface area contributed by atoms with Crippen LogP contribution in [0.25, 0.3) is 0 Å². The Hall–Kier alpha value is -5.47. The SMILES string of the molecule is CC[C@@H](C)[C@H]1NC(=O)CNC(=O)[C@H](Cc2ccccc2)NC(=O)[C@H](CC(N)=O)NC(=O)[C@@H](Cc2ccc(O)cc2)NC(=O)[C@H](C)NC1=O. The van der Waals surface area contributed by atoms with E-state index in [9.17, 15) is 38.7 Å². The van der Waals surface area contributed by atoms with E-state index in [1.807, 2.05) is 6.92 Å². The average molecular weight is 666 g/mol. The summed E-state index contributed by atoms with van der Waals surface area (Å²) in [6.45, 7) is 4.43. The fourth-order valence-electron chi connectivity index (χ4n) is 4.97. The summed E-state index contributed by atoms with van der Waals surface area (Å²) in [7, 11) is 0. The van der Waals surface area contributed by atoms with E-state index >= 15 is 0 Å². The molecule has 48 heavy (non-hydrogen) atoms. The molecule has 15 nitrogen and oxygen atoms in total. The number of amides is 7. The standard InChI is InChI=1S/C33H43N7O8/c1-4-18(2)28-33(48)36-19(3)29(44)37-24(15-21-10-12-22(41)13-11-21)31(46)39-25(16-26(34)42)32(47)38-23(14-20-8-6-5-7-9-20)30(45)35-17-27(43)40-28/h5-13,18-19,23-25,28,41H,4,14-17H2,1-3H3,(H2,34,42)(H,35,45)(H,36,48)(H,37,44)(H,38,47)(H,39,46)(H,40,43)/t18-,19+,23+,24-,25+,28-/m1/s1. The van der Waals surface area contributed by atoms with E-state index in [1.165, 1.54) is 31.2 Å². The Kier molecular flexibility index (Phi) is 13.4. The number of nitrogens with one attached hydrogen (secondary N) is 6. The van der Waals surface area contributed by atoms with Gasteiger partial charge in [0, 0.05) is 12.8 Å². The summed E-state index contributed by atoms with van der Waals surface area (Å²) in [4.78, 5) is 92.1. The first-order valence-corrected chi connectivity index (χ1v) is 15.7. The van der Waals surface area contributed by atoms with Crippen LogP contribution in [0.15, 0.2) is 54.6 Å². The second kappa shape index (κ2) is 17.4. The van der Waals surface area contributed by atoms with Crippen molar-refractivity contribution in [3.63, 3.8) is 0 Å². The highest BCUT2D eigenvalue weighted by Gasteiger charge is 2.34. The molecule has 7 amide bonds. The maximum Gasteiger partial charge on any atom is 0.243 e. The molecule has 0 saturated carbocycles. The van der Waals surface area contributed by atoms with Crippen LogP contribution < -0.4 is 37.6 Å². The van der Waals surface area contributed by atoms with Crippen LogP contribution >= 0.6 is 0 Å². The summed E-state index contributed by atoms with van der Waals surface area (Å²) in [6, 6.07) is 8.22. The summed E-state index contributed by atoms with van der Waals surface area (Å²) < 4.78 is 0. The number of carbonyl (C=O) groups is 7. The lowest BCUT2D eigenvalue weighted by Crippen LogP contribution is -2.61. The highest BCUT2D eigenvalue weighted by atomic mass is 16.3. The monoisotopic (exact) mass is 665 g/mol. The molecule has 9 N–H and O–H groups in total. The van der Waals surface area contributed by atoms with Crippen LogP contribution in [0.3, 0.4) is 0 Å². The third kappa shape index (κ3) is 11.1. The third-order valence-corrected chi connectivity index (χ3v) is 7.95. The first kappa shape index (κ1) is 37.0. The van der Waals surface area contributed by atoms with E-state index in [-0.39, 0.29) is 24.5 Å². The van der Waals surface area contributed by atoms with Gasteiger partial charge in [-0.05, 0) is 36.1 Å². The molecule has 0 aliphatic carbocycles. The molecule has 2 aromatic carbocycles. The zero-order valence-electron chi connectivity index (χ0n) is 27.1. The van der Waals surface area contributed by atoms with Crippen molar-refractivity contribution in [2.45, 2.75) is 76.7 Å². The van der Waals surface area contributed by atoms with Gasteiger partial charge in [0.15, 0.2) is 0 Å². The molecule has 1 aliphatic rings. The Bertz CT molecular complexity index is 1480. The molecule has 1 fully saturated rings. The predicted octanol–water partition coefficient (Wildman–Crippen LogP) is -1.33. The summed E-state index contributed by atoms with van der Waals surface area (Å²) >= 11 is 0. The lowest BCUT2D eigenvalue weighted by molar-refractivity contribution is -0.136. The summed E-state index contributed by atoms with van der Waals surface area (Å²) in [5.41, 5.74) is 6.60. The minimum Gasteiger partial charge on any atom is -0.508 e. The summed E-state index contributed by atoms with van der Waals surface area (Å²) in [5.74, 6) is -5.88. The van der Waals surface area contributed by atoms with Crippen molar-refractivity contribution in [1.82, 2.24) is 31.9 Å². The minimum atomic E-state index is -1.55. The van der Waals surface area contributed by atoms with Gasteiger partial charge >= 0.3 is 0 Å². The molecule has 1 saturated heterocycles. The van der Waals surface area contributed by atoms with Crippen molar-refractivity contribution in [3.8, 4) is 5.75 Å². The fraction of sp³-hybridized carbons (Fsp3) is 0.424. The van der Waals surface area contributed by atoms with E-state index < -0.39 is 84.5 Å². The van der Waals surface area contributed by atoms with Gasteiger partial charge in [-0.1, -0.05) is 62.7 Å². The van der Waals surface area contributed by atoms with Gasteiger partial charge in [-0.25, -0.2) is 0 Å². The first-order valence-electron chi connectivity index (χ1n) is 15.7. The normalized spacial score (nSPS) is 23.9. The van der Waals surface area contributed by atoms with Gasteiger partial charge in [0.2, 0.25) is 41.4 Å². The Labute approximate surface area is 278 Å². The number of primary amides is 1. The second-order valence-corrected chi connectivity index (χ2v) is 11.8. The minimum absolute atomic E-state index is 0.00735. The van der Waals surface area contributed by atoms with E-state index in [0.29, 0.717) is 17.5 Å². The van der Waals surface area contributed by atoms with Crippen LogP contribution in [0.5, 0.6) is 5.75 Å². The smallest absolute Gasteiger partial charge is 0.243 e. The van der Waals surface area contributed by atoms with E-state index in [2.05, 4.69) is 31.9 Å². The number of carbonyl (C=O) groups excluding carboxylic acids is 7. The zero-order chi connectivity index (χ0) is 35.4. The molecule has 0 aromatic heterocycles. The second-order valence-electron chi connectivity index (χ2n) is 11.8. The molecule has 0 spiro atoms. The molecule has 0 bridgehead atoms. The van der Waals surface area contributed by atoms with Crippen LogP contribution in [-0.4, -0.2) is 83.2 Å². The predicted molar refractivity (Wildman–Crippen MR) is 174 cm³/mol. The zero-order valence-corrected chi connectivity index (χ0v) is 27.1. The van der Waals surface area contributed by atoms with E-state index in [4.69, 9.17) is 5.73 Å². The van der Waals surface area contributed by atoms with Gasteiger partial charge in [-0.2, -0.15) is 0 Å². The van der Waals surface area contributed by atoms with Crippen LogP contribution in [0.2, 0.25) is 0 Å². The van der Waals surface area contributed by atoms with Crippen molar-refractivity contribution < 1.29 is 38.7 Å². The molecular formula is C33H43N7O8. The maximum atomic E-state index is 13.7. The Morgan fingerprint density at radius 3 is 1.90 bits per heavy atom. The van der Waals surface area contributed by atoms with Crippen LogP contribution in [-0.2, 0) is 46.4 Å². The molecule has 1 heterocycles. The number of rotatable bonds is 8. The molecule has 15 heteroatoms. The molecular weight excluding hydrogens is 622 g/mol. The van der Waals surface area contributed by atoms with Crippen molar-refractivity contribution in [2.24, 2.45) is 11.7 Å². The van der Waals surface area contributed by atoms with Crippen LogP contribution in [0.4, 0.5) is 0 Å². The quantitative estimate of drug-likeness (QED) is 0.168. The number of hydrogen-bond donors (Lipinski definition) is 8. The molecule has 258 valence electrons. The van der Waals surface area contributed by atoms with Gasteiger partial charge in [0.1, 0.15) is 36.0 Å². The first-order chi connectivity index (χ1) is 22.8. The lowest BCUT2D eigenvalue weighted by Gasteiger charge is -2.28. The largest absolute Gasteiger partial charge is 0.508 e. The van der Waals surface area contributed by atoms with Gasteiger partial charge in [-0.15, -0.1) is 0 Å². The number of hydrogen-bond acceptors (Lipinski definition) is 8. The van der Waals surface area contributed by atoms with E-state index in [1.54, 1.807) is 37.3 Å². The van der Waals surface area contributed by atoms with E-state index in [0.717, 1.165) is 0 Å². The van der Waals surface area contributed by atoms with Gasteiger partial charge in [0.25, 0.3) is 0 Å². The van der Waals surface area contributed by atoms with Crippen molar-refractivity contribution in [3.05, 3.63) is 65.7 Å². The molecule has 6 atom stereocenters.